The zero-order chi connectivity index (χ0) is 13.2. The highest BCUT2D eigenvalue weighted by Crippen LogP contribution is 2.13. The molecule has 1 heterocycles. The van der Waals surface area contributed by atoms with Crippen LogP contribution in [0.15, 0.2) is 18.2 Å². The van der Waals surface area contributed by atoms with Gasteiger partial charge in [0.05, 0.1) is 11.5 Å². The molecule has 1 N–H and O–H groups in total. The van der Waals surface area contributed by atoms with Crippen LogP contribution in [0.5, 0.6) is 0 Å². The van der Waals surface area contributed by atoms with Crippen molar-refractivity contribution in [3.63, 3.8) is 0 Å². The van der Waals surface area contributed by atoms with Crippen LogP contribution >= 0.6 is 0 Å². The third-order valence-corrected chi connectivity index (χ3v) is 4.80. The monoisotopic (exact) mass is 275 g/mol. The molecule has 1 fully saturated rings. The molecule has 1 aliphatic rings. The maximum atomic E-state index is 13.0. The van der Waals surface area contributed by atoms with Crippen molar-refractivity contribution < 1.29 is 17.2 Å². The van der Waals surface area contributed by atoms with E-state index in [1.54, 1.807) is 0 Å². The van der Waals surface area contributed by atoms with Crippen molar-refractivity contribution in [3.8, 4) is 0 Å². The van der Waals surface area contributed by atoms with Crippen LogP contribution in [-0.2, 0) is 16.4 Å². The van der Waals surface area contributed by atoms with Crippen molar-refractivity contribution in [2.24, 2.45) is 0 Å². The van der Waals surface area contributed by atoms with Crippen LogP contribution in [0.3, 0.4) is 0 Å². The van der Waals surface area contributed by atoms with Gasteiger partial charge in [-0.15, -0.1) is 0 Å². The van der Waals surface area contributed by atoms with Crippen molar-refractivity contribution in [1.82, 2.24) is 5.32 Å². The van der Waals surface area contributed by atoms with Crippen LogP contribution in [0, 0.1) is 11.6 Å². The Hall–Kier alpha value is -1.01. The fourth-order valence-electron chi connectivity index (χ4n) is 2.16. The van der Waals surface area contributed by atoms with Gasteiger partial charge in [-0.1, -0.05) is 0 Å². The fraction of sp³-hybridized carbons (Fsp3) is 0.500. The van der Waals surface area contributed by atoms with E-state index in [1.807, 2.05) is 0 Å². The molecule has 0 radical (unpaired) electrons. The number of hydrogen-bond acceptors (Lipinski definition) is 3. The Labute approximate surface area is 105 Å². The van der Waals surface area contributed by atoms with Crippen LogP contribution in [-0.4, -0.2) is 26.0 Å². The average molecular weight is 275 g/mol. The standard InChI is InChI=1S/C12H15F2NO2S/c13-10-4-9(5-11(14)6-10)7-15-12-2-1-3-18(16,17)8-12/h4-6,12,15H,1-3,7-8H2. The maximum absolute atomic E-state index is 13.0. The SMILES string of the molecule is O=S1(=O)CCCC(NCc2cc(F)cc(F)c2)C1. The predicted molar refractivity (Wildman–Crippen MR) is 64.9 cm³/mol. The molecule has 1 aliphatic heterocycles. The number of rotatable bonds is 3. The molecule has 2 rings (SSSR count). The van der Waals surface area contributed by atoms with E-state index >= 15 is 0 Å². The molecule has 1 atom stereocenters. The Morgan fingerprint density at radius 3 is 2.50 bits per heavy atom. The van der Waals surface area contributed by atoms with Gasteiger partial charge in [-0.3, -0.25) is 0 Å². The molecule has 6 heteroatoms. The van der Waals surface area contributed by atoms with Crippen LogP contribution in [0.2, 0.25) is 0 Å². The second kappa shape index (κ2) is 5.32. The van der Waals surface area contributed by atoms with Gasteiger partial charge in [0.25, 0.3) is 0 Å². The van der Waals surface area contributed by atoms with Crippen molar-refractivity contribution >= 4 is 9.84 Å². The largest absolute Gasteiger partial charge is 0.309 e. The molecule has 100 valence electrons. The number of nitrogens with one attached hydrogen (secondary N) is 1. The van der Waals surface area contributed by atoms with E-state index in [2.05, 4.69) is 5.32 Å². The lowest BCUT2D eigenvalue weighted by atomic mass is 10.1. The zero-order valence-electron chi connectivity index (χ0n) is 9.83. The Morgan fingerprint density at radius 1 is 1.22 bits per heavy atom. The molecule has 0 aromatic heterocycles. The Bertz CT molecular complexity index is 511. The van der Waals surface area contributed by atoms with Crippen molar-refractivity contribution in [1.29, 1.82) is 0 Å². The summed E-state index contributed by atoms with van der Waals surface area (Å²) in [5.41, 5.74) is 0.482. The zero-order valence-corrected chi connectivity index (χ0v) is 10.6. The minimum Gasteiger partial charge on any atom is -0.309 e. The van der Waals surface area contributed by atoms with Gasteiger partial charge in [0.1, 0.15) is 11.6 Å². The van der Waals surface area contributed by atoms with Gasteiger partial charge in [-0.25, -0.2) is 17.2 Å². The highest BCUT2D eigenvalue weighted by Gasteiger charge is 2.24. The predicted octanol–water partition coefficient (Wildman–Crippen LogP) is 1.63. The first-order valence-corrected chi connectivity index (χ1v) is 7.65. The summed E-state index contributed by atoms with van der Waals surface area (Å²) >= 11 is 0. The Morgan fingerprint density at radius 2 is 1.89 bits per heavy atom. The molecule has 0 aliphatic carbocycles. The van der Waals surface area contributed by atoms with E-state index in [9.17, 15) is 17.2 Å². The molecular weight excluding hydrogens is 260 g/mol. The molecule has 0 bridgehead atoms. The van der Waals surface area contributed by atoms with Crippen molar-refractivity contribution in [2.45, 2.75) is 25.4 Å². The molecule has 0 spiro atoms. The summed E-state index contributed by atoms with van der Waals surface area (Å²) in [6.07, 6.45) is 1.41. The summed E-state index contributed by atoms with van der Waals surface area (Å²) in [5, 5.41) is 3.04. The van der Waals surface area contributed by atoms with E-state index in [0.29, 0.717) is 12.0 Å². The first-order chi connectivity index (χ1) is 8.44. The molecule has 1 unspecified atom stereocenters. The van der Waals surface area contributed by atoms with Gasteiger partial charge in [0.2, 0.25) is 0 Å². The van der Waals surface area contributed by atoms with E-state index in [1.165, 1.54) is 12.1 Å². The van der Waals surface area contributed by atoms with Gasteiger partial charge in [-0.2, -0.15) is 0 Å². The average Bonchev–Trinajstić information content (AvgIpc) is 2.24. The molecule has 1 aromatic carbocycles. The van der Waals surface area contributed by atoms with Crippen LogP contribution in [0.25, 0.3) is 0 Å². The maximum Gasteiger partial charge on any atom is 0.151 e. The Kier molecular flexibility index (Phi) is 3.97. The molecule has 1 aromatic rings. The first-order valence-electron chi connectivity index (χ1n) is 5.83. The second-order valence-electron chi connectivity index (χ2n) is 4.61. The quantitative estimate of drug-likeness (QED) is 0.912. The molecule has 3 nitrogen and oxygen atoms in total. The number of hydrogen-bond donors (Lipinski definition) is 1. The van der Waals surface area contributed by atoms with Gasteiger partial charge < -0.3 is 5.32 Å². The third kappa shape index (κ3) is 3.74. The lowest BCUT2D eigenvalue weighted by Gasteiger charge is -2.23. The fourth-order valence-corrected chi connectivity index (χ4v) is 3.83. The molecule has 0 amide bonds. The topological polar surface area (TPSA) is 46.2 Å². The van der Waals surface area contributed by atoms with E-state index in [-0.39, 0.29) is 24.1 Å². The summed E-state index contributed by atoms with van der Waals surface area (Å²) in [7, 11) is -2.96. The van der Waals surface area contributed by atoms with E-state index < -0.39 is 21.5 Å². The summed E-state index contributed by atoms with van der Waals surface area (Å²) in [6.45, 7) is 0.273. The normalized spacial score (nSPS) is 22.9. The molecule has 0 saturated carbocycles. The third-order valence-electron chi connectivity index (χ3n) is 2.98. The lowest BCUT2D eigenvalue weighted by molar-refractivity contribution is 0.478. The molecule has 1 saturated heterocycles. The second-order valence-corrected chi connectivity index (χ2v) is 6.84. The van der Waals surface area contributed by atoms with Gasteiger partial charge in [0.15, 0.2) is 9.84 Å². The summed E-state index contributed by atoms with van der Waals surface area (Å²) < 4.78 is 48.7. The smallest absolute Gasteiger partial charge is 0.151 e. The van der Waals surface area contributed by atoms with Crippen LogP contribution in [0.1, 0.15) is 18.4 Å². The van der Waals surface area contributed by atoms with Crippen molar-refractivity contribution in [2.75, 3.05) is 11.5 Å². The van der Waals surface area contributed by atoms with E-state index in [0.717, 1.165) is 12.5 Å². The Balaban J connectivity index is 1.95. The number of sulfone groups is 1. The minimum atomic E-state index is -2.96. The van der Waals surface area contributed by atoms with Crippen molar-refractivity contribution in [3.05, 3.63) is 35.4 Å². The number of benzene rings is 1. The van der Waals surface area contributed by atoms with Gasteiger partial charge >= 0.3 is 0 Å². The number of halogens is 2. The highest BCUT2D eigenvalue weighted by atomic mass is 32.2. The molecule has 18 heavy (non-hydrogen) atoms. The lowest BCUT2D eigenvalue weighted by Crippen LogP contribution is -2.39. The first kappa shape index (κ1) is 13.4. The van der Waals surface area contributed by atoms with Crippen LogP contribution in [0.4, 0.5) is 8.78 Å². The summed E-state index contributed by atoms with van der Waals surface area (Å²) in [5.74, 6) is -0.906. The molecular formula is C12H15F2NO2S. The van der Waals surface area contributed by atoms with E-state index in [4.69, 9.17) is 0 Å². The van der Waals surface area contributed by atoms with Gasteiger partial charge in [0, 0.05) is 18.7 Å². The van der Waals surface area contributed by atoms with Crippen LogP contribution < -0.4 is 5.32 Å². The summed E-state index contributed by atoms with van der Waals surface area (Å²) in [6, 6.07) is 3.17. The minimum absolute atomic E-state index is 0.102. The summed E-state index contributed by atoms with van der Waals surface area (Å²) in [4.78, 5) is 0. The van der Waals surface area contributed by atoms with Gasteiger partial charge in [-0.05, 0) is 30.5 Å². The highest BCUT2D eigenvalue weighted by molar-refractivity contribution is 7.91.